The molecule has 0 spiro atoms. The molecule has 1 saturated heterocycles. The molecule has 1 unspecified atom stereocenters. The molecule has 1 atom stereocenters. The van der Waals surface area contributed by atoms with Gasteiger partial charge >= 0.3 is 15.2 Å². The molecule has 0 aromatic rings. The molecule has 16 heavy (non-hydrogen) atoms. The molecule has 7 nitrogen and oxygen atoms in total. The zero-order valence-electron chi connectivity index (χ0n) is 8.35. The van der Waals surface area contributed by atoms with E-state index in [1.165, 1.54) is 0 Å². The summed E-state index contributed by atoms with van der Waals surface area (Å²) in [5.41, 5.74) is 0. The molecule has 1 aliphatic rings. The summed E-state index contributed by atoms with van der Waals surface area (Å²) >= 11 is 4.04. The summed E-state index contributed by atoms with van der Waals surface area (Å²) in [6.45, 7) is 0.139. The lowest BCUT2D eigenvalue weighted by Crippen LogP contribution is -2.50. The predicted octanol–water partition coefficient (Wildman–Crippen LogP) is -0.0750. The van der Waals surface area contributed by atoms with E-state index in [1.54, 1.807) is 0 Å². The summed E-state index contributed by atoms with van der Waals surface area (Å²) in [5, 5.41) is -0.0788. The van der Waals surface area contributed by atoms with Crippen molar-refractivity contribution in [1.82, 2.24) is 5.32 Å². The summed E-state index contributed by atoms with van der Waals surface area (Å²) in [6.07, 6.45) is 0.0690. The van der Waals surface area contributed by atoms with Gasteiger partial charge < -0.3 is 19.6 Å². The standard InChI is InChI=1S/C6H15NO6P2S/c8-14(9,10)6(15(11,12)13)2-1-5(4-16)3-7-6/h5,7,16H,1-4H2,(H2,8,9,10)(H2,11,12,13). The highest BCUT2D eigenvalue weighted by atomic mass is 32.1. The van der Waals surface area contributed by atoms with Crippen LogP contribution in [0.5, 0.6) is 0 Å². The van der Waals surface area contributed by atoms with Crippen LogP contribution in [0.15, 0.2) is 0 Å². The van der Waals surface area contributed by atoms with Crippen molar-refractivity contribution in [3.8, 4) is 0 Å². The summed E-state index contributed by atoms with van der Waals surface area (Å²) < 4.78 is 22.5. The smallest absolute Gasteiger partial charge is 0.323 e. The van der Waals surface area contributed by atoms with Crippen molar-refractivity contribution in [1.29, 1.82) is 0 Å². The molecular formula is C6H15NO6P2S. The minimum absolute atomic E-state index is 0.0644. The van der Waals surface area contributed by atoms with Gasteiger partial charge in [-0.15, -0.1) is 0 Å². The predicted molar refractivity (Wildman–Crippen MR) is 61.4 cm³/mol. The molecule has 0 aliphatic carbocycles. The van der Waals surface area contributed by atoms with Gasteiger partial charge in [-0.2, -0.15) is 12.6 Å². The van der Waals surface area contributed by atoms with E-state index in [2.05, 4.69) is 17.9 Å². The van der Waals surface area contributed by atoms with Crippen LogP contribution in [0, 0.1) is 5.92 Å². The zero-order valence-corrected chi connectivity index (χ0v) is 11.0. The zero-order chi connectivity index (χ0) is 12.6. The van der Waals surface area contributed by atoms with Crippen molar-refractivity contribution < 1.29 is 28.7 Å². The van der Waals surface area contributed by atoms with Crippen molar-refractivity contribution in [3.63, 3.8) is 0 Å². The second-order valence-electron chi connectivity index (χ2n) is 3.87. The number of rotatable bonds is 3. The van der Waals surface area contributed by atoms with E-state index < -0.39 is 20.2 Å². The summed E-state index contributed by atoms with van der Waals surface area (Å²) in [4.78, 5) is 36.5. The average Bonchev–Trinajstić information content (AvgIpc) is 2.14. The van der Waals surface area contributed by atoms with Crippen molar-refractivity contribution in [2.45, 2.75) is 17.9 Å². The van der Waals surface area contributed by atoms with Gasteiger partial charge in [0.15, 0.2) is 0 Å². The van der Waals surface area contributed by atoms with Crippen LogP contribution < -0.4 is 5.32 Å². The molecule has 0 aromatic carbocycles. The molecule has 1 aliphatic heterocycles. The Labute approximate surface area is 98.4 Å². The monoisotopic (exact) mass is 291 g/mol. The number of hydrogen-bond acceptors (Lipinski definition) is 4. The van der Waals surface area contributed by atoms with Crippen LogP contribution in [0.2, 0.25) is 0 Å². The number of hydrogen-bond donors (Lipinski definition) is 6. The third kappa shape index (κ3) is 2.54. The lowest BCUT2D eigenvalue weighted by atomic mass is 10.0. The Kier molecular flexibility index (Phi) is 4.31. The third-order valence-corrected chi connectivity index (χ3v) is 7.57. The second-order valence-corrected chi connectivity index (χ2v) is 8.29. The average molecular weight is 291 g/mol. The quantitative estimate of drug-likeness (QED) is 0.317. The molecular weight excluding hydrogens is 276 g/mol. The number of nitrogens with one attached hydrogen (secondary N) is 1. The summed E-state index contributed by atoms with van der Waals surface area (Å²) in [6, 6.07) is 0. The van der Waals surface area contributed by atoms with Crippen molar-refractivity contribution in [2.75, 3.05) is 12.3 Å². The van der Waals surface area contributed by atoms with E-state index >= 15 is 0 Å². The second kappa shape index (κ2) is 4.71. The normalized spacial score (nSPS) is 26.7. The van der Waals surface area contributed by atoms with E-state index in [-0.39, 0.29) is 18.9 Å². The first-order valence-corrected chi connectivity index (χ1v) is 8.47. The Morgan fingerprint density at radius 2 is 1.75 bits per heavy atom. The molecule has 0 saturated carbocycles. The minimum atomic E-state index is -4.93. The Bertz CT molecular complexity index is 319. The van der Waals surface area contributed by atoms with Gasteiger partial charge in [0.05, 0.1) is 0 Å². The van der Waals surface area contributed by atoms with Crippen LogP contribution in [0.25, 0.3) is 0 Å². The Balaban J connectivity index is 3.03. The van der Waals surface area contributed by atoms with Crippen LogP contribution in [0.3, 0.4) is 0 Å². The van der Waals surface area contributed by atoms with Gasteiger partial charge in [-0.05, 0) is 24.5 Å². The van der Waals surface area contributed by atoms with E-state index in [0.29, 0.717) is 12.2 Å². The van der Waals surface area contributed by atoms with Crippen molar-refractivity contribution >= 4 is 27.8 Å². The van der Waals surface area contributed by atoms with E-state index in [0.717, 1.165) is 0 Å². The lowest BCUT2D eigenvalue weighted by Gasteiger charge is -2.40. The fourth-order valence-corrected chi connectivity index (χ4v) is 4.83. The van der Waals surface area contributed by atoms with Gasteiger partial charge in [0.1, 0.15) is 0 Å². The highest BCUT2D eigenvalue weighted by Crippen LogP contribution is 2.70. The molecule has 0 radical (unpaired) electrons. The first-order valence-electron chi connectivity index (χ1n) is 4.61. The SMILES string of the molecule is O=P(O)(O)C1(P(=O)(O)O)CCC(CS)CN1. The van der Waals surface area contributed by atoms with Crippen LogP contribution in [0.4, 0.5) is 0 Å². The van der Waals surface area contributed by atoms with E-state index in [9.17, 15) is 9.13 Å². The fraction of sp³-hybridized carbons (Fsp3) is 1.00. The topological polar surface area (TPSA) is 127 Å². The van der Waals surface area contributed by atoms with Gasteiger partial charge in [0.25, 0.3) is 0 Å². The molecule has 1 heterocycles. The molecule has 1 fully saturated rings. The maximum Gasteiger partial charge on any atom is 0.357 e. The van der Waals surface area contributed by atoms with Crippen molar-refractivity contribution in [3.05, 3.63) is 0 Å². The third-order valence-electron chi connectivity index (χ3n) is 2.80. The summed E-state index contributed by atoms with van der Waals surface area (Å²) in [7, 11) is -9.86. The van der Waals surface area contributed by atoms with Crippen LogP contribution in [0.1, 0.15) is 12.8 Å². The summed E-state index contributed by atoms with van der Waals surface area (Å²) in [5.74, 6) is 0.570. The largest absolute Gasteiger partial charge is 0.357 e. The molecule has 0 amide bonds. The highest BCUT2D eigenvalue weighted by Gasteiger charge is 2.61. The first kappa shape index (κ1) is 14.7. The number of piperidine rings is 1. The van der Waals surface area contributed by atoms with Gasteiger partial charge in [-0.1, -0.05) is 0 Å². The van der Waals surface area contributed by atoms with E-state index in [4.69, 9.17) is 19.6 Å². The molecule has 0 aromatic heterocycles. The Morgan fingerprint density at radius 1 is 1.25 bits per heavy atom. The molecule has 1 rings (SSSR count). The fourth-order valence-electron chi connectivity index (χ4n) is 1.73. The maximum absolute atomic E-state index is 11.3. The van der Waals surface area contributed by atoms with Crippen LogP contribution in [-0.4, -0.2) is 36.9 Å². The van der Waals surface area contributed by atoms with Gasteiger partial charge in [0.2, 0.25) is 5.02 Å². The Morgan fingerprint density at radius 3 is 2.00 bits per heavy atom. The minimum Gasteiger partial charge on any atom is -0.323 e. The highest BCUT2D eigenvalue weighted by molar-refractivity contribution is 7.80. The van der Waals surface area contributed by atoms with Gasteiger partial charge in [-0.3, -0.25) is 14.4 Å². The Hall–Kier alpha value is 0.610. The first-order chi connectivity index (χ1) is 7.14. The number of thiol groups is 1. The maximum atomic E-state index is 11.3. The molecule has 5 N–H and O–H groups in total. The van der Waals surface area contributed by atoms with E-state index in [1.807, 2.05) is 0 Å². The van der Waals surface area contributed by atoms with Crippen molar-refractivity contribution in [2.24, 2.45) is 5.92 Å². The molecule has 0 bridgehead atoms. The molecule has 10 heteroatoms. The van der Waals surface area contributed by atoms with Crippen LogP contribution >= 0.6 is 27.8 Å². The van der Waals surface area contributed by atoms with Gasteiger partial charge in [0, 0.05) is 6.54 Å². The van der Waals surface area contributed by atoms with Gasteiger partial charge in [-0.25, -0.2) is 0 Å². The lowest BCUT2D eigenvalue weighted by molar-refractivity contribution is 0.243. The molecule has 96 valence electrons. The van der Waals surface area contributed by atoms with Crippen LogP contribution in [-0.2, 0) is 9.13 Å².